The SMILES string of the molecule is O=C(Nc1cccnc1Cl)c1cc2sccc2s1. The first-order chi connectivity index (χ1) is 8.74. The molecule has 0 radical (unpaired) electrons. The molecule has 1 N–H and O–H groups in total. The molecule has 0 saturated carbocycles. The van der Waals surface area contributed by atoms with Gasteiger partial charge >= 0.3 is 0 Å². The Morgan fingerprint density at radius 1 is 1.33 bits per heavy atom. The number of aromatic nitrogens is 1. The molecule has 3 heterocycles. The molecule has 0 atom stereocenters. The van der Waals surface area contributed by atoms with Gasteiger partial charge in [0.1, 0.15) is 0 Å². The molecule has 3 aromatic heterocycles. The number of nitrogens with zero attached hydrogens (tertiary/aromatic N) is 1. The lowest BCUT2D eigenvalue weighted by Gasteiger charge is -2.03. The van der Waals surface area contributed by atoms with Gasteiger partial charge in [-0.15, -0.1) is 22.7 Å². The summed E-state index contributed by atoms with van der Waals surface area (Å²) >= 11 is 8.99. The summed E-state index contributed by atoms with van der Waals surface area (Å²) in [6, 6.07) is 7.36. The van der Waals surface area contributed by atoms with E-state index in [1.807, 2.05) is 17.5 Å². The Kier molecular flexibility index (Phi) is 3.03. The van der Waals surface area contributed by atoms with Crippen molar-refractivity contribution in [2.45, 2.75) is 0 Å². The summed E-state index contributed by atoms with van der Waals surface area (Å²) in [4.78, 5) is 16.6. The fraction of sp³-hybridized carbons (Fsp3) is 0. The van der Waals surface area contributed by atoms with E-state index in [0.717, 1.165) is 9.40 Å². The topological polar surface area (TPSA) is 42.0 Å². The van der Waals surface area contributed by atoms with Crippen molar-refractivity contribution < 1.29 is 4.79 Å². The molecular weight excluding hydrogens is 288 g/mol. The summed E-state index contributed by atoms with van der Waals surface area (Å²) in [5, 5.41) is 5.07. The zero-order valence-corrected chi connectivity index (χ0v) is 11.4. The van der Waals surface area contributed by atoms with Crippen molar-refractivity contribution in [2.24, 2.45) is 0 Å². The van der Waals surface area contributed by atoms with Gasteiger partial charge in [0.05, 0.1) is 10.6 Å². The molecule has 6 heteroatoms. The van der Waals surface area contributed by atoms with Gasteiger partial charge in [0.15, 0.2) is 5.15 Å². The molecule has 3 rings (SSSR count). The van der Waals surface area contributed by atoms with Gasteiger partial charge < -0.3 is 5.32 Å². The zero-order valence-electron chi connectivity index (χ0n) is 9.01. The van der Waals surface area contributed by atoms with E-state index in [1.54, 1.807) is 29.7 Å². The number of hydrogen-bond donors (Lipinski definition) is 1. The van der Waals surface area contributed by atoms with Gasteiger partial charge in [-0.05, 0) is 29.6 Å². The van der Waals surface area contributed by atoms with E-state index < -0.39 is 0 Å². The van der Waals surface area contributed by atoms with Crippen LogP contribution in [0.4, 0.5) is 5.69 Å². The van der Waals surface area contributed by atoms with Crippen LogP contribution in [0.1, 0.15) is 9.67 Å². The Bertz CT molecular complexity index is 691. The van der Waals surface area contributed by atoms with Crippen LogP contribution in [-0.4, -0.2) is 10.9 Å². The minimum Gasteiger partial charge on any atom is -0.319 e. The van der Waals surface area contributed by atoms with Gasteiger partial charge in [-0.2, -0.15) is 0 Å². The number of rotatable bonds is 2. The number of hydrogen-bond acceptors (Lipinski definition) is 4. The fourth-order valence-electron chi connectivity index (χ4n) is 1.54. The van der Waals surface area contributed by atoms with Crippen molar-refractivity contribution in [1.29, 1.82) is 0 Å². The van der Waals surface area contributed by atoms with Crippen LogP contribution < -0.4 is 5.32 Å². The fourth-order valence-corrected chi connectivity index (χ4v) is 3.71. The first-order valence-corrected chi connectivity index (χ1v) is 7.20. The zero-order chi connectivity index (χ0) is 12.5. The van der Waals surface area contributed by atoms with Crippen LogP contribution in [-0.2, 0) is 0 Å². The molecule has 0 aliphatic rings. The molecule has 1 amide bonds. The number of nitrogens with one attached hydrogen (secondary N) is 1. The van der Waals surface area contributed by atoms with E-state index in [1.165, 1.54) is 11.3 Å². The largest absolute Gasteiger partial charge is 0.319 e. The van der Waals surface area contributed by atoms with Crippen LogP contribution >= 0.6 is 34.3 Å². The van der Waals surface area contributed by atoms with Crippen LogP contribution in [0, 0.1) is 0 Å². The highest BCUT2D eigenvalue weighted by molar-refractivity contribution is 7.27. The summed E-state index contributed by atoms with van der Waals surface area (Å²) in [7, 11) is 0. The Balaban J connectivity index is 1.87. The third-order valence-corrected chi connectivity index (χ3v) is 4.76. The van der Waals surface area contributed by atoms with E-state index in [9.17, 15) is 4.79 Å². The number of amides is 1. The van der Waals surface area contributed by atoms with Gasteiger partial charge in [0.25, 0.3) is 5.91 Å². The molecule has 3 nitrogen and oxygen atoms in total. The monoisotopic (exact) mass is 294 g/mol. The molecule has 18 heavy (non-hydrogen) atoms. The Morgan fingerprint density at radius 3 is 3.00 bits per heavy atom. The van der Waals surface area contributed by atoms with Crippen LogP contribution in [0.3, 0.4) is 0 Å². The van der Waals surface area contributed by atoms with Crippen molar-refractivity contribution in [3.63, 3.8) is 0 Å². The molecule has 0 aromatic carbocycles. The highest BCUT2D eigenvalue weighted by atomic mass is 35.5. The summed E-state index contributed by atoms with van der Waals surface area (Å²) in [6.07, 6.45) is 1.58. The third-order valence-electron chi connectivity index (χ3n) is 2.37. The van der Waals surface area contributed by atoms with E-state index in [0.29, 0.717) is 15.7 Å². The van der Waals surface area contributed by atoms with E-state index in [4.69, 9.17) is 11.6 Å². The average molecular weight is 295 g/mol. The minimum atomic E-state index is -0.154. The van der Waals surface area contributed by atoms with Crippen LogP contribution in [0.25, 0.3) is 9.40 Å². The van der Waals surface area contributed by atoms with Gasteiger partial charge in [-0.25, -0.2) is 4.98 Å². The molecule has 0 saturated heterocycles. The Hall–Kier alpha value is -1.43. The predicted octanol–water partition coefficient (Wildman–Crippen LogP) is 4.26. The lowest BCUT2D eigenvalue weighted by atomic mass is 10.4. The van der Waals surface area contributed by atoms with Crippen LogP contribution in [0.15, 0.2) is 35.8 Å². The number of halogens is 1. The normalized spacial score (nSPS) is 10.7. The van der Waals surface area contributed by atoms with Crippen LogP contribution in [0.5, 0.6) is 0 Å². The summed E-state index contributed by atoms with van der Waals surface area (Å²) in [5.74, 6) is -0.154. The molecular formula is C12H7ClN2OS2. The van der Waals surface area contributed by atoms with E-state index in [-0.39, 0.29) is 5.91 Å². The van der Waals surface area contributed by atoms with Crippen LogP contribution in [0.2, 0.25) is 5.15 Å². The summed E-state index contributed by atoms with van der Waals surface area (Å²) < 4.78 is 2.25. The van der Waals surface area contributed by atoms with Crippen molar-refractivity contribution in [2.75, 3.05) is 5.32 Å². The predicted molar refractivity (Wildman–Crippen MR) is 76.9 cm³/mol. The molecule has 0 fully saturated rings. The standard InChI is InChI=1S/C12H7ClN2OS2/c13-11-7(2-1-4-14-11)15-12(16)10-6-9-8(18-10)3-5-17-9/h1-6H,(H,15,16). The van der Waals surface area contributed by atoms with Gasteiger partial charge in [-0.3, -0.25) is 4.79 Å². The Morgan fingerprint density at radius 2 is 2.22 bits per heavy atom. The second kappa shape index (κ2) is 4.68. The number of thiophene rings is 2. The molecule has 3 aromatic rings. The van der Waals surface area contributed by atoms with Crippen molar-refractivity contribution in [3.8, 4) is 0 Å². The quantitative estimate of drug-likeness (QED) is 0.717. The lowest BCUT2D eigenvalue weighted by Crippen LogP contribution is -2.10. The maximum Gasteiger partial charge on any atom is 0.265 e. The molecule has 0 aliphatic carbocycles. The third kappa shape index (κ3) is 2.12. The highest BCUT2D eigenvalue weighted by Gasteiger charge is 2.12. The number of pyridine rings is 1. The number of anilines is 1. The van der Waals surface area contributed by atoms with Gasteiger partial charge in [0, 0.05) is 15.6 Å². The molecule has 0 bridgehead atoms. The molecule has 90 valence electrons. The Labute approximate surface area is 116 Å². The highest BCUT2D eigenvalue weighted by Crippen LogP contribution is 2.30. The number of fused-ring (bicyclic) bond motifs is 1. The first-order valence-electron chi connectivity index (χ1n) is 5.13. The number of carbonyl (C=O) groups is 1. The maximum absolute atomic E-state index is 12.1. The molecule has 0 spiro atoms. The van der Waals surface area contributed by atoms with Crippen molar-refractivity contribution in [1.82, 2.24) is 4.98 Å². The second-order valence-electron chi connectivity index (χ2n) is 3.56. The second-order valence-corrected chi connectivity index (χ2v) is 5.95. The smallest absolute Gasteiger partial charge is 0.265 e. The first kappa shape index (κ1) is 11.6. The minimum absolute atomic E-state index is 0.154. The molecule has 0 unspecified atom stereocenters. The average Bonchev–Trinajstić information content (AvgIpc) is 2.92. The van der Waals surface area contributed by atoms with Crippen molar-refractivity contribution >= 4 is 55.3 Å². The maximum atomic E-state index is 12.1. The summed E-state index contributed by atoms with van der Waals surface area (Å²) in [5.41, 5.74) is 0.529. The van der Waals surface area contributed by atoms with Crippen molar-refractivity contribution in [3.05, 3.63) is 45.9 Å². The van der Waals surface area contributed by atoms with Gasteiger partial charge in [-0.1, -0.05) is 11.6 Å². The molecule has 0 aliphatic heterocycles. The van der Waals surface area contributed by atoms with E-state index >= 15 is 0 Å². The lowest BCUT2D eigenvalue weighted by molar-refractivity contribution is 0.103. The summed E-state index contributed by atoms with van der Waals surface area (Å²) in [6.45, 7) is 0. The number of carbonyl (C=O) groups excluding carboxylic acids is 1. The van der Waals surface area contributed by atoms with Gasteiger partial charge in [0.2, 0.25) is 0 Å². The van der Waals surface area contributed by atoms with E-state index in [2.05, 4.69) is 10.3 Å².